The Morgan fingerprint density at radius 3 is 2.56 bits per heavy atom. The molecule has 1 aromatic carbocycles. The normalized spacial score (nSPS) is 9.31. The lowest BCUT2D eigenvalue weighted by atomic mass is 10.1. The topological polar surface area (TPSA) is 12.9 Å². The summed E-state index contributed by atoms with van der Waals surface area (Å²) in [6, 6.07) is 16.1. The van der Waals surface area contributed by atoms with Crippen molar-refractivity contribution < 1.29 is 0 Å². The summed E-state index contributed by atoms with van der Waals surface area (Å²) in [5.74, 6) is 6.21. The van der Waals surface area contributed by atoms with Gasteiger partial charge in [0.05, 0.1) is 0 Å². The Labute approximate surface area is 96.2 Å². The lowest BCUT2D eigenvalue weighted by Crippen LogP contribution is -1.85. The fourth-order valence-electron chi connectivity index (χ4n) is 1.45. The van der Waals surface area contributed by atoms with Crippen molar-refractivity contribution in [1.82, 2.24) is 4.98 Å². The Balaban J connectivity index is 2.06. The van der Waals surface area contributed by atoms with Crippen LogP contribution in [0.5, 0.6) is 0 Å². The Hall–Kier alpha value is -2.07. The quantitative estimate of drug-likeness (QED) is 0.655. The van der Waals surface area contributed by atoms with E-state index in [1.54, 1.807) is 0 Å². The molecule has 0 amide bonds. The van der Waals surface area contributed by atoms with E-state index >= 15 is 0 Å². The molecule has 0 atom stereocenters. The van der Waals surface area contributed by atoms with E-state index in [4.69, 9.17) is 0 Å². The van der Waals surface area contributed by atoms with E-state index < -0.39 is 0 Å². The molecule has 1 aromatic heterocycles. The number of hydrogen-bond acceptors (Lipinski definition) is 1. The SMILES string of the molecule is Cc1cccc(C#CCc2ccccc2)n1. The van der Waals surface area contributed by atoms with Crippen molar-refractivity contribution in [2.45, 2.75) is 13.3 Å². The highest BCUT2D eigenvalue weighted by Crippen LogP contribution is 1.99. The summed E-state index contributed by atoms with van der Waals surface area (Å²) in [4.78, 5) is 4.33. The van der Waals surface area contributed by atoms with Gasteiger partial charge in [-0.25, -0.2) is 4.98 Å². The first-order valence-corrected chi connectivity index (χ1v) is 5.31. The maximum atomic E-state index is 4.33. The predicted octanol–water partition coefficient (Wildman–Crippen LogP) is 2.98. The van der Waals surface area contributed by atoms with Gasteiger partial charge in [0.25, 0.3) is 0 Å². The molecule has 0 unspecified atom stereocenters. The molecule has 0 N–H and O–H groups in total. The zero-order valence-corrected chi connectivity index (χ0v) is 9.27. The molecule has 16 heavy (non-hydrogen) atoms. The molecule has 0 aliphatic heterocycles. The minimum absolute atomic E-state index is 0.774. The fourth-order valence-corrected chi connectivity index (χ4v) is 1.45. The van der Waals surface area contributed by atoms with E-state index in [0.29, 0.717) is 0 Å². The van der Waals surface area contributed by atoms with Crippen LogP contribution in [0.15, 0.2) is 48.5 Å². The number of aromatic nitrogens is 1. The average Bonchev–Trinajstić information content (AvgIpc) is 2.30. The van der Waals surface area contributed by atoms with Gasteiger partial charge in [0.15, 0.2) is 0 Å². The van der Waals surface area contributed by atoms with Crippen LogP contribution in [0, 0.1) is 18.8 Å². The first-order chi connectivity index (χ1) is 7.84. The Morgan fingerprint density at radius 1 is 1.00 bits per heavy atom. The summed E-state index contributed by atoms with van der Waals surface area (Å²) in [5.41, 5.74) is 3.09. The van der Waals surface area contributed by atoms with Gasteiger partial charge in [-0.05, 0) is 30.5 Å². The second-order valence-corrected chi connectivity index (χ2v) is 3.63. The molecule has 0 radical (unpaired) electrons. The molecular formula is C15H13N. The molecule has 78 valence electrons. The van der Waals surface area contributed by atoms with E-state index in [9.17, 15) is 0 Å². The molecule has 2 rings (SSSR count). The first-order valence-electron chi connectivity index (χ1n) is 5.31. The Morgan fingerprint density at radius 2 is 1.81 bits per heavy atom. The van der Waals surface area contributed by atoms with E-state index in [1.165, 1.54) is 5.56 Å². The third-order valence-electron chi connectivity index (χ3n) is 2.24. The fraction of sp³-hybridized carbons (Fsp3) is 0.133. The van der Waals surface area contributed by atoms with Gasteiger partial charge < -0.3 is 0 Å². The highest BCUT2D eigenvalue weighted by molar-refractivity contribution is 5.30. The van der Waals surface area contributed by atoms with Gasteiger partial charge in [-0.2, -0.15) is 0 Å². The molecule has 1 heterocycles. The van der Waals surface area contributed by atoms with Gasteiger partial charge in [-0.3, -0.25) is 0 Å². The van der Waals surface area contributed by atoms with Crippen LogP contribution in [0.25, 0.3) is 0 Å². The Bertz CT molecular complexity index is 518. The highest BCUT2D eigenvalue weighted by Gasteiger charge is 1.89. The number of rotatable bonds is 1. The number of pyridine rings is 1. The molecule has 0 saturated heterocycles. The largest absolute Gasteiger partial charge is 0.245 e. The predicted molar refractivity (Wildman–Crippen MR) is 66.0 cm³/mol. The molecule has 0 fully saturated rings. The lowest BCUT2D eigenvalue weighted by Gasteiger charge is -1.93. The molecule has 0 saturated carbocycles. The molecular weight excluding hydrogens is 194 g/mol. The molecule has 2 aromatic rings. The van der Waals surface area contributed by atoms with Crippen molar-refractivity contribution in [3.8, 4) is 11.8 Å². The molecule has 0 aliphatic carbocycles. The van der Waals surface area contributed by atoms with Crippen LogP contribution >= 0.6 is 0 Å². The number of hydrogen-bond donors (Lipinski definition) is 0. The number of nitrogens with zero attached hydrogens (tertiary/aromatic N) is 1. The lowest BCUT2D eigenvalue weighted by molar-refractivity contribution is 1.17. The minimum atomic E-state index is 0.774. The van der Waals surface area contributed by atoms with Gasteiger partial charge in [0, 0.05) is 12.1 Å². The zero-order chi connectivity index (χ0) is 11.2. The third kappa shape index (κ3) is 2.96. The van der Waals surface area contributed by atoms with E-state index in [-0.39, 0.29) is 0 Å². The van der Waals surface area contributed by atoms with Crippen LogP contribution < -0.4 is 0 Å². The monoisotopic (exact) mass is 207 g/mol. The molecule has 1 heteroatoms. The minimum Gasteiger partial charge on any atom is -0.245 e. The second kappa shape index (κ2) is 5.14. The summed E-state index contributed by atoms with van der Waals surface area (Å²) >= 11 is 0. The molecule has 0 spiro atoms. The van der Waals surface area contributed by atoms with Crippen molar-refractivity contribution in [1.29, 1.82) is 0 Å². The van der Waals surface area contributed by atoms with Crippen LogP contribution in [-0.4, -0.2) is 4.98 Å². The van der Waals surface area contributed by atoms with Gasteiger partial charge in [-0.15, -0.1) is 0 Å². The van der Waals surface area contributed by atoms with Gasteiger partial charge in [0.1, 0.15) is 5.69 Å². The van der Waals surface area contributed by atoms with Crippen molar-refractivity contribution in [2.24, 2.45) is 0 Å². The van der Waals surface area contributed by atoms with Crippen molar-refractivity contribution in [3.63, 3.8) is 0 Å². The van der Waals surface area contributed by atoms with Crippen LogP contribution in [0.4, 0.5) is 0 Å². The number of aryl methyl sites for hydroxylation is 1. The van der Waals surface area contributed by atoms with Crippen LogP contribution in [0.3, 0.4) is 0 Å². The smallest absolute Gasteiger partial charge is 0.113 e. The van der Waals surface area contributed by atoms with Crippen LogP contribution in [0.1, 0.15) is 17.0 Å². The molecule has 1 nitrogen and oxygen atoms in total. The van der Waals surface area contributed by atoms with Crippen molar-refractivity contribution >= 4 is 0 Å². The summed E-state index contributed by atoms with van der Waals surface area (Å²) < 4.78 is 0. The summed E-state index contributed by atoms with van der Waals surface area (Å²) in [6.45, 7) is 1.97. The first kappa shape index (κ1) is 10.4. The van der Waals surface area contributed by atoms with Gasteiger partial charge >= 0.3 is 0 Å². The van der Waals surface area contributed by atoms with Gasteiger partial charge in [-0.1, -0.05) is 42.3 Å². The van der Waals surface area contributed by atoms with Crippen molar-refractivity contribution in [2.75, 3.05) is 0 Å². The number of benzene rings is 1. The van der Waals surface area contributed by atoms with E-state index in [2.05, 4.69) is 29.0 Å². The second-order valence-electron chi connectivity index (χ2n) is 3.63. The summed E-state index contributed by atoms with van der Waals surface area (Å²) in [5, 5.41) is 0. The molecule has 0 aliphatic rings. The maximum absolute atomic E-state index is 4.33. The molecule has 0 bridgehead atoms. The summed E-state index contributed by atoms with van der Waals surface area (Å²) in [6.07, 6.45) is 0.774. The van der Waals surface area contributed by atoms with E-state index in [1.807, 2.05) is 43.3 Å². The maximum Gasteiger partial charge on any atom is 0.113 e. The van der Waals surface area contributed by atoms with Crippen molar-refractivity contribution in [3.05, 3.63) is 65.5 Å². The standard InChI is InChI=1S/C15H13N/c1-13-7-5-11-15(16-13)12-6-10-14-8-3-2-4-9-14/h2-5,7-9,11H,10H2,1H3. The summed E-state index contributed by atoms with van der Waals surface area (Å²) in [7, 11) is 0. The average molecular weight is 207 g/mol. The Kier molecular flexibility index (Phi) is 3.35. The zero-order valence-electron chi connectivity index (χ0n) is 9.27. The van der Waals surface area contributed by atoms with Crippen LogP contribution in [0.2, 0.25) is 0 Å². The van der Waals surface area contributed by atoms with Gasteiger partial charge in [0.2, 0.25) is 0 Å². The third-order valence-corrected chi connectivity index (χ3v) is 2.24. The van der Waals surface area contributed by atoms with E-state index in [0.717, 1.165) is 17.8 Å². The van der Waals surface area contributed by atoms with Crippen LogP contribution in [-0.2, 0) is 6.42 Å². The highest BCUT2D eigenvalue weighted by atomic mass is 14.7.